The Balaban J connectivity index is 0.00000243. The molecule has 1 saturated carbocycles. The normalized spacial score (nSPS) is 22.2. The molecule has 0 bridgehead atoms. The van der Waals surface area contributed by atoms with Crippen LogP contribution in [0.1, 0.15) is 43.4 Å². The Kier molecular flexibility index (Phi) is 8.13. The number of aromatic nitrogens is 1. The number of nitrogens with one attached hydrogen (secondary N) is 1. The summed E-state index contributed by atoms with van der Waals surface area (Å²) in [5.41, 5.74) is 8.22. The summed E-state index contributed by atoms with van der Waals surface area (Å²) in [7, 11) is 1.35. The molecule has 2 aliphatic rings. The van der Waals surface area contributed by atoms with Crippen molar-refractivity contribution in [3.8, 4) is 0 Å². The molecule has 146 valence electrons. The van der Waals surface area contributed by atoms with Crippen LogP contribution in [0.25, 0.3) is 0 Å². The zero-order valence-electron chi connectivity index (χ0n) is 15.4. The van der Waals surface area contributed by atoms with Gasteiger partial charge in [-0.15, -0.1) is 12.4 Å². The summed E-state index contributed by atoms with van der Waals surface area (Å²) >= 11 is 0. The first-order valence-corrected chi connectivity index (χ1v) is 9.33. The summed E-state index contributed by atoms with van der Waals surface area (Å²) in [5.74, 6) is 1.42. The maximum Gasteiger partial charge on any atom is 0.322 e. The topological polar surface area (TPSA) is 86.5 Å². The third-order valence-electron chi connectivity index (χ3n) is 5.24. The summed E-state index contributed by atoms with van der Waals surface area (Å²) in [6.07, 6.45) is 7.53. The van der Waals surface area contributed by atoms with E-state index >= 15 is 0 Å². The van der Waals surface area contributed by atoms with E-state index in [0.717, 1.165) is 44.5 Å². The van der Waals surface area contributed by atoms with E-state index in [4.69, 9.17) is 15.5 Å². The van der Waals surface area contributed by atoms with Gasteiger partial charge < -0.3 is 20.5 Å². The fraction of sp³-hybridized carbons (Fsp3) is 0.684. The Morgan fingerprint density at radius 1 is 1.42 bits per heavy atom. The molecule has 3 rings (SSSR count). The van der Waals surface area contributed by atoms with Crippen LogP contribution in [-0.2, 0) is 27.1 Å². The van der Waals surface area contributed by atoms with E-state index in [1.165, 1.54) is 24.8 Å². The van der Waals surface area contributed by atoms with Gasteiger partial charge in [-0.05, 0) is 62.5 Å². The van der Waals surface area contributed by atoms with Crippen LogP contribution in [0.15, 0.2) is 12.1 Å². The van der Waals surface area contributed by atoms with Crippen molar-refractivity contribution in [1.29, 1.82) is 0 Å². The van der Waals surface area contributed by atoms with Gasteiger partial charge in [-0.25, -0.2) is 4.98 Å². The van der Waals surface area contributed by atoms with E-state index in [2.05, 4.69) is 22.2 Å². The quantitative estimate of drug-likeness (QED) is 0.670. The SMILES string of the molecule is COC(=O)C(N)CCO[C@H]1C[C@H](CCc2ccc3c(n2)NCCC3)C1.Cl. The molecule has 3 N–H and O–H groups in total. The minimum absolute atomic E-state index is 0. The summed E-state index contributed by atoms with van der Waals surface area (Å²) in [4.78, 5) is 16.0. The Hall–Kier alpha value is -1.37. The number of anilines is 1. The molecule has 0 amide bonds. The second kappa shape index (κ2) is 10.1. The molecule has 1 aliphatic carbocycles. The molecule has 26 heavy (non-hydrogen) atoms. The largest absolute Gasteiger partial charge is 0.468 e. The van der Waals surface area contributed by atoms with Crippen LogP contribution in [0, 0.1) is 5.92 Å². The second-order valence-electron chi connectivity index (χ2n) is 7.13. The summed E-state index contributed by atoms with van der Waals surface area (Å²) < 4.78 is 10.4. The molecule has 0 saturated heterocycles. The van der Waals surface area contributed by atoms with Crippen LogP contribution in [0.2, 0.25) is 0 Å². The van der Waals surface area contributed by atoms with Crippen molar-refractivity contribution < 1.29 is 14.3 Å². The predicted molar refractivity (Wildman–Crippen MR) is 104 cm³/mol. The number of aryl methyl sites for hydroxylation is 2. The number of fused-ring (bicyclic) bond motifs is 1. The Bertz CT molecular complexity index is 593. The molecule has 1 aliphatic heterocycles. The summed E-state index contributed by atoms with van der Waals surface area (Å²) in [6.45, 7) is 1.55. The van der Waals surface area contributed by atoms with Gasteiger partial charge in [0.25, 0.3) is 0 Å². The first kappa shape index (κ1) is 20.9. The number of nitrogens with zero attached hydrogens (tertiary/aromatic N) is 1. The molecule has 1 atom stereocenters. The van der Waals surface area contributed by atoms with E-state index in [1.807, 2.05) is 0 Å². The van der Waals surface area contributed by atoms with Crippen LogP contribution in [-0.4, -0.2) is 43.4 Å². The number of rotatable bonds is 8. The average molecular weight is 384 g/mol. The van der Waals surface area contributed by atoms with Crippen LogP contribution in [0.5, 0.6) is 0 Å². The minimum atomic E-state index is -0.579. The number of esters is 1. The molecule has 0 spiro atoms. The number of carbonyl (C=O) groups excluding carboxylic acids is 1. The number of ether oxygens (including phenoxy) is 2. The molecular formula is C19H30ClN3O3. The Morgan fingerprint density at radius 2 is 2.23 bits per heavy atom. The fourth-order valence-corrected chi connectivity index (χ4v) is 3.54. The first-order chi connectivity index (χ1) is 12.2. The summed E-state index contributed by atoms with van der Waals surface area (Å²) in [6, 6.07) is 3.82. The zero-order chi connectivity index (χ0) is 17.6. The molecule has 0 radical (unpaired) electrons. The lowest BCUT2D eigenvalue weighted by Crippen LogP contribution is -2.36. The van der Waals surface area contributed by atoms with Crippen LogP contribution in [0.3, 0.4) is 0 Å². The van der Waals surface area contributed by atoms with Gasteiger partial charge >= 0.3 is 5.97 Å². The van der Waals surface area contributed by atoms with Gasteiger partial charge in [0.15, 0.2) is 0 Å². The molecular weight excluding hydrogens is 354 g/mol. The standard InChI is InChI=1S/C19H29N3O3.ClH/c1-24-19(23)17(20)8-10-25-16-11-13(12-16)4-6-15-7-5-14-3-2-9-21-18(14)22-15;/h5,7,13,16-17H,2-4,6,8-12,20H2,1H3,(H,21,22);1H/t13-,16-,17?;. The van der Waals surface area contributed by atoms with Gasteiger partial charge in [-0.2, -0.15) is 0 Å². The van der Waals surface area contributed by atoms with Crippen molar-refractivity contribution in [2.75, 3.05) is 25.6 Å². The van der Waals surface area contributed by atoms with E-state index in [1.54, 1.807) is 0 Å². The first-order valence-electron chi connectivity index (χ1n) is 9.33. The minimum Gasteiger partial charge on any atom is -0.468 e. The number of carbonyl (C=O) groups is 1. The predicted octanol–water partition coefficient (Wildman–Crippen LogP) is 2.48. The zero-order valence-corrected chi connectivity index (χ0v) is 16.2. The van der Waals surface area contributed by atoms with Gasteiger partial charge in [0.1, 0.15) is 11.9 Å². The highest BCUT2D eigenvalue weighted by molar-refractivity contribution is 5.85. The van der Waals surface area contributed by atoms with Crippen LogP contribution in [0.4, 0.5) is 5.82 Å². The lowest BCUT2D eigenvalue weighted by Gasteiger charge is -2.35. The van der Waals surface area contributed by atoms with Crippen molar-refractivity contribution in [2.24, 2.45) is 11.7 Å². The van der Waals surface area contributed by atoms with Gasteiger partial charge in [0, 0.05) is 18.8 Å². The number of pyridine rings is 1. The van der Waals surface area contributed by atoms with E-state index in [9.17, 15) is 4.79 Å². The molecule has 1 unspecified atom stereocenters. The van der Waals surface area contributed by atoms with Gasteiger partial charge in [0.05, 0.1) is 13.2 Å². The second-order valence-corrected chi connectivity index (χ2v) is 7.13. The number of halogens is 1. The molecule has 1 fully saturated rings. The van der Waals surface area contributed by atoms with E-state index < -0.39 is 6.04 Å². The lowest BCUT2D eigenvalue weighted by atomic mass is 9.79. The molecule has 7 heteroatoms. The summed E-state index contributed by atoms with van der Waals surface area (Å²) in [5, 5.41) is 3.40. The number of hydrogen-bond acceptors (Lipinski definition) is 6. The van der Waals surface area contributed by atoms with Gasteiger partial charge in [0.2, 0.25) is 0 Å². The van der Waals surface area contributed by atoms with Gasteiger partial charge in [-0.3, -0.25) is 4.79 Å². The van der Waals surface area contributed by atoms with Crippen molar-refractivity contribution >= 4 is 24.2 Å². The third-order valence-corrected chi connectivity index (χ3v) is 5.24. The molecule has 1 aromatic heterocycles. The van der Waals surface area contributed by atoms with E-state index in [0.29, 0.717) is 25.0 Å². The fourth-order valence-electron chi connectivity index (χ4n) is 3.54. The lowest BCUT2D eigenvalue weighted by molar-refractivity contribution is -0.143. The highest BCUT2D eigenvalue weighted by atomic mass is 35.5. The van der Waals surface area contributed by atoms with Crippen LogP contribution < -0.4 is 11.1 Å². The van der Waals surface area contributed by atoms with Crippen molar-refractivity contribution in [2.45, 2.75) is 57.1 Å². The van der Waals surface area contributed by atoms with Crippen LogP contribution >= 0.6 is 12.4 Å². The van der Waals surface area contributed by atoms with Crippen molar-refractivity contribution in [3.05, 3.63) is 23.4 Å². The number of methoxy groups -OCH3 is 1. The molecule has 1 aromatic rings. The Morgan fingerprint density at radius 3 is 3.00 bits per heavy atom. The maximum absolute atomic E-state index is 11.2. The molecule has 6 nitrogen and oxygen atoms in total. The molecule has 2 heterocycles. The average Bonchev–Trinajstić information content (AvgIpc) is 2.61. The maximum atomic E-state index is 11.2. The Labute approximate surface area is 161 Å². The van der Waals surface area contributed by atoms with Crippen molar-refractivity contribution in [1.82, 2.24) is 4.98 Å². The third kappa shape index (κ3) is 5.56. The smallest absolute Gasteiger partial charge is 0.322 e. The number of nitrogens with two attached hydrogens (primary N) is 1. The number of hydrogen-bond donors (Lipinski definition) is 2. The molecule has 0 aromatic carbocycles. The van der Waals surface area contributed by atoms with Gasteiger partial charge in [-0.1, -0.05) is 6.07 Å². The highest BCUT2D eigenvalue weighted by Gasteiger charge is 2.29. The monoisotopic (exact) mass is 383 g/mol. The highest BCUT2D eigenvalue weighted by Crippen LogP contribution is 2.34. The van der Waals surface area contributed by atoms with Crippen molar-refractivity contribution in [3.63, 3.8) is 0 Å². The van der Waals surface area contributed by atoms with E-state index in [-0.39, 0.29) is 18.4 Å².